The number of rotatable bonds is 8. The molecule has 88 valence electrons. The van der Waals surface area contributed by atoms with Gasteiger partial charge in [0.05, 0.1) is 7.11 Å². The van der Waals surface area contributed by atoms with Crippen molar-refractivity contribution in [3.05, 3.63) is 0 Å². The number of nitrogens with one attached hydrogen (secondary N) is 1. The van der Waals surface area contributed by atoms with Gasteiger partial charge in [0.1, 0.15) is 6.04 Å². The summed E-state index contributed by atoms with van der Waals surface area (Å²) in [4.78, 5) is 21.6. The highest BCUT2D eigenvalue weighted by molar-refractivity contribution is 5.76. The molecule has 0 rings (SSSR count). The van der Waals surface area contributed by atoms with Crippen LogP contribution < -0.4 is 5.32 Å². The topological polar surface area (TPSA) is 75.6 Å². The average Bonchev–Trinajstić information content (AvgIpc) is 2.21. The van der Waals surface area contributed by atoms with E-state index in [4.69, 9.17) is 5.11 Å². The van der Waals surface area contributed by atoms with E-state index >= 15 is 0 Å². The molecule has 5 heteroatoms. The van der Waals surface area contributed by atoms with Gasteiger partial charge < -0.3 is 15.2 Å². The molecule has 0 aliphatic rings. The van der Waals surface area contributed by atoms with Crippen molar-refractivity contribution in [1.29, 1.82) is 0 Å². The van der Waals surface area contributed by atoms with E-state index in [1.165, 1.54) is 7.11 Å². The van der Waals surface area contributed by atoms with Crippen LogP contribution in [0.4, 0.5) is 0 Å². The maximum Gasteiger partial charge on any atom is 0.322 e. The first-order valence-electron chi connectivity index (χ1n) is 5.14. The van der Waals surface area contributed by atoms with Gasteiger partial charge in [-0.05, 0) is 19.4 Å². The SMILES string of the molecule is CCCCN[C@@H](CCC(=O)O)C(=O)OC. The van der Waals surface area contributed by atoms with Gasteiger partial charge in [-0.15, -0.1) is 0 Å². The third-order valence-electron chi connectivity index (χ3n) is 2.05. The molecular formula is C10H19NO4. The number of carbonyl (C=O) groups is 2. The van der Waals surface area contributed by atoms with Crippen LogP contribution >= 0.6 is 0 Å². The van der Waals surface area contributed by atoms with Crippen LogP contribution in [0, 0.1) is 0 Å². The van der Waals surface area contributed by atoms with Crippen LogP contribution in [0.25, 0.3) is 0 Å². The Hall–Kier alpha value is -1.10. The van der Waals surface area contributed by atoms with E-state index in [1.54, 1.807) is 0 Å². The molecule has 0 fully saturated rings. The van der Waals surface area contributed by atoms with Crippen LogP contribution in [-0.4, -0.2) is 36.7 Å². The number of carboxylic acids is 1. The Morgan fingerprint density at radius 3 is 2.60 bits per heavy atom. The zero-order chi connectivity index (χ0) is 11.7. The quantitative estimate of drug-likeness (QED) is 0.464. The number of carboxylic acid groups (broad SMARTS) is 1. The monoisotopic (exact) mass is 217 g/mol. The van der Waals surface area contributed by atoms with Gasteiger partial charge in [0.2, 0.25) is 0 Å². The van der Waals surface area contributed by atoms with E-state index in [1.807, 2.05) is 6.92 Å². The molecule has 0 saturated heterocycles. The highest BCUT2D eigenvalue weighted by Crippen LogP contribution is 2.00. The van der Waals surface area contributed by atoms with Crippen LogP contribution in [0.2, 0.25) is 0 Å². The highest BCUT2D eigenvalue weighted by atomic mass is 16.5. The Morgan fingerprint density at radius 1 is 1.47 bits per heavy atom. The molecule has 0 aliphatic carbocycles. The van der Waals surface area contributed by atoms with Gasteiger partial charge in [-0.1, -0.05) is 13.3 Å². The molecule has 0 heterocycles. The summed E-state index contributed by atoms with van der Waals surface area (Å²) in [7, 11) is 1.30. The van der Waals surface area contributed by atoms with Crippen molar-refractivity contribution in [3.8, 4) is 0 Å². The molecule has 2 N–H and O–H groups in total. The molecule has 5 nitrogen and oxygen atoms in total. The Labute approximate surface area is 89.8 Å². The van der Waals surface area contributed by atoms with Crippen molar-refractivity contribution in [2.75, 3.05) is 13.7 Å². The molecule has 0 aromatic heterocycles. The molecule has 1 atom stereocenters. The second kappa shape index (κ2) is 8.23. The Bertz CT molecular complexity index is 206. The summed E-state index contributed by atoms with van der Waals surface area (Å²) in [5.41, 5.74) is 0. The normalized spacial score (nSPS) is 12.1. The third kappa shape index (κ3) is 6.90. The van der Waals surface area contributed by atoms with E-state index in [-0.39, 0.29) is 12.8 Å². The molecule has 0 aromatic rings. The van der Waals surface area contributed by atoms with Gasteiger partial charge >= 0.3 is 11.9 Å². The minimum absolute atomic E-state index is 0.0289. The summed E-state index contributed by atoms with van der Waals surface area (Å²) in [6, 6.07) is -0.502. The predicted molar refractivity (Wildman–Crippen MR) is 55.6 cm³/mol. The molecule has 0 bridgehead atoms. The van der Waals surface area contributed by atoms with Gasteiger partial charge in [0, 0.05) is 6.42 Å². The van der Waals surface area contributed by atoms with Crippen molar-refractivity contribution in [1.82, 2.24) is 5.32 Å². The van der Waals surface area contributed by atoms with E-state index in [2.05, 4.69) is 10.1 Å². The van der Waals surface area contributed by atoms with Crippen LogP contribution in [0.15, 0.2) is 0 Å². The van der Waals surface area contributed by atoms with Crippen LogP contribution in [0.3, 0.4) is 0 Å². The molecule has 0 radical (unpaired) electrons. The minimum atomic E-state index is -0.902. The Morgan fingerprint density at radius 2 is 2.13 bits per heavy atom. The van der Waals surface area contributed by atoms with Crippen LogP contribution in [0.1, 0.15) is 32.6 Å². The molecule has 0 amide bonds. The molecule has 0 saturated carbocycles. The summed E-state index contributed by atoms with van der Waals surface area (Å²) < 4.78 is 4.58. The van der Waals surface area contributed by atoms with Crippen molar-refractivity contribution in [2.45, 2.75) is 38.6 Å². The average molecular weight is 217 g/mol. The van der Waals surface area contributed by atoms with E-state index < -0.39 is 18.0 Å². The maximum absolute atomic E-state index is 11.2. The third-order valence-corrected chi connectivity index (χ3v) is 2.05. The van der Waals surface area contributed by atoms with Crippen LogP contribution in [-0.2, 0) is 14.3 Å². The van der Waals surface area contributed by atoms with Gasteiger partial charge in [-0.2, -0.15) is 0 Å². The molecular weight excluding hydrogens is 198 g/mol. The highest BCUT2D eigenvalue weighted by Gasteiger charge is 2.18. The van der Waals surface area contributed by atoms with Crippen molar-refractivity contribution >= 4 is 11.9 Å². The van der Waals surface area contributed by atoms with E-state index in [0.717, 1.165) is 12.8 Å². The number of methoxy groups -OCH3 is 1. The minimum Gasteiger partial charge on any atom is -0.481 e. The number of ether oxygens (including phenoxy) is 1. The van der Waals surface area contributed by atoms with Gasteiger partial charge in [0.25, 0.3) is 0 Å². The number of hydrogen-bond donors (Lipinski definition) is 2. The van der Waals surface area contributed by atoms with Crippen LogP contribution in [0.5, 0.6) is 0 Å². The van der Waals surface area contributed by atoms with E-state index in [0.29, 0.717) is 6.54 Å². The summed E-state index contributed by atoms with van der Waals surface area (Å²) >= 11 is 0. The first kappa shape index (κ1) is 13.9. The fourth-order valence-electron chi connectivity index (χ4n) is 1.17. The van der Waals surface area contributed by atoms with Gasteiger partial charge in [0.15, 0.2) is 0 Å². The first-order chi connectivity index (χ1) is 7.11. The van der Waals surface area contributed by atoms with E-state index in [9.17, 15) is 9.59 Å². The summed E-state index contributed by atoms with van der Waals surface area (Å²) in [5.74, 6) is -1.30. The molecule has 0 spiro atoms. The fourth-order valence-corrected chi connectivity index (χ4v) is 1.17. The summed E-state index contributed by atoms with van der Waals surface area (Å²) in [6.45, 7) is 2.75. The van der Waals surface area contributed by atoms with Gasteiger partial charge in [-0.25, -0.2) is 0 Å². The molecule has 15 heavy (non-hydrogen) atoms. The Kier molecular flexibility index (Phi) is 7.62. The molecule has 0 aliphatic heterocycles. The zero-order valence-electron chi connectivity index (χ0n) is 9.28. The largest absolute Gasteiger partial charge is 0.481 e. The molecule has 0 unspecified atom stereocenters. The fraction of sp³-hybridized carbons (Fsp3) is 0.800. The summed E-state index contributed by atoms with van der Waals surface area (Å²) in [5, 5.41) is 11.5. The molecule has 0 aromatic carbocycles. The lowest BCUT2D eigenvalue weighted by Gasteiger charge is -2.14. The second-order valence-electron chi connectivity index (χ2n) is 3.32. The number of carbonyl (C=O) groups excluding carboxylic acids is 1. The van der Waals surface area contributed by atoms with Crippen molar-refractivity contribution in [2.24, 2.45) is 0 Å². The predicted octanol–water partition coefficient (Wildman–Crippen LogP) is 0.782. The lowest BCUT2D eigenvalue weighted by molar-refractivity contribution is -0.143. The standard InChI is InChI=1S/C10H19NO4/c1-3-4-7-11-8(10(14)15-2)5-6-9(12)13/h8,11H,3-7H2,1-2H3,(H,12,13)/t8-/m0/s1. The maximum atomic E-state index is 11.2. The lowest BCUT2D eigenvalue weighted by atomic mass is 10.1. The number of hydrogen-bond acceptors (Lipinski definition) is 4. The lowest BCUT2D eigenvalue weighted by Crippen LogP contribution is -2.38. The first-order valence-corrected chi connectivity index (χ1v) is 5.14. The summed E-state index contributed by atoms with van der Waals surface area (Å²) in [6.07, 6.45) is 2.23. The second-order valence-corrected chi connectivity index (χ2v) is 3.32. The van der Waals surface area contributed by atoms with Crippen molar-refractivity contribution in [3.63, 3.8) is 0 Å². The van der Waals surface area contributed by atoms with Crippen molar-refractivity contribution < 1.29 is 19.4 Å². The number of unbranched alkanes of at least 4 members (excludes halogenated alkanes) is 1. The Balaban J connectivity index is 3.95. The number of esters is 1. The number of aliphatic carboxylic acids is 1. The zero-order valence-corrected chi connectivity index (χ0v) is 9.28. The van der Waals surface area contributed by atoms with Gasteiger partial charge in [-0.3, -0.25) is 9.59 Å². The smallest absolute Gasteiger partial charge is 0.322 e.